The first-order valence-electron chi connectivity index (χ1n) is 9.32. The molecule has 2 aromatic carbocycles. The second-order valence-electron chi connectivity index (χ2n) is 6.89. The number of fused-ring (bicyclic) bond motifs is 1. The standard InChI is InChI=1S/C22H26N2O3/c1-5-26-22(25)13-24-19-9-7-6-8-18(19)23-21(24)14-27-20-12-16(4)10-11-17(20)15(2)3/h6-12,15H,5,13-14H2,1-4H3. The molecular weight excluding hydrogens is 340 g/mol. The number of rotatable bonds is 7. The Morgan fingerprint density at radius 2 is 1.96 bits per heavy atom. The van der Waals surface area contributed by atoms with Crippen LogP contribution in [0.3, 0.4) is 0 Å². The zero-order valence-corrected chi connectivity index (χ0v) is 16.4. The third-order valence-electron chi connectivity index (χ3n) is 4.47. The Kier molecular flexibility index (Phi) is 5.79. The van der Waals surface area contributed by atoms with Crippen LogP contribution in [-0.4, -0.2) is 22.1 Å². The highest BCUT2D eigenvalue weighted by Gasteiger charge is 2.16. The molecule has 1 aromatic heterocycles. The summed E-state index contributed by atoms with van der Waals surface area (Å²) in [7, 11) is 0. The molecule has 0 spiro atoms. The van der Waals surface area contributed by atoms with Crippen molar-refractivity contribution in [3.63, 3.8) is 0 Å². The maximum atomic E-state index is 12.1. The first-order chi connectivity index (χ1) is 13.0. The van der Waals surface area contributed by atoms with Gasteiger partial charge in [-0.2, -0.15) is 0 Å². The minimum atomic E-state index is -0.277. The second kappa shape index (κ2) is 8.25. The van der Waals surface area contributed by atoms with Crippen molar-refractivity contribution in [1.29, 1.82) is 0 Å². The number of carbonyl (C=O) groups excluding carboxylic acids is 1. The van der Waals surface area contributed by atoms with Gasteiger partial charge in [-0.25, -0.2) is 4.98 Å². The SMILES string of the molecule is CCOC(=O)Cn1c(COc2cc(C)ccc2C(C)C)nc2ccccc21. The van der Waals surface area contributed by atoms with Crippen molar-refractivity contribution in [3.8, 4) is 5.75 Å². The van der Waals surface area contributed by atoms with Gasteiger partial charge in [0.1, 0.15) is 24.7 Å². The summed E-state index contributed by atoms with van der Waals surface area (Å²) in [6.07, 6.45) is 0. The van der Waals surface area contributed by atoms with Crippen molar-refractivity contribution >= 4 is 17.0 Å². The smallest absolute Gasteiger partial charge is 0.326 e. The van der Waals surface area contributed by atoms with Gasteiger partial charge in [0.05, 0.1) is 17.6 Å². The number of hydrogen-bond donors (Lipinski definition) is 0. The quantitative estimate of drug-likeness (QED) is 0.573. The van der Waals surface area contributed by atoms with Crippen LogP contribution in [0.1, 0.15) is 43.6 Å². The highest BCUT2D eigenvalue weighted by molar-refractivity contribution is 5.78. The monoisotopic (exact) mass is 366 g/mol. The predicted octanol–water partition coefficient (Wildman–Crippen LogP) is 4.61. The summed E-state index contributed by atoms with van der Waals surface area (Å²) in [6, 6.07) is 14.0. The first-order valence-corrected chi connectivity index (χ1v) is 9.32. The van der Waals surface area contributed by atoms with Crippen molar-refractivity contribution in [3.05, 3.63) is 59.4 Å². The molecular formula is C22H26N2O3. The number of hydrogen-bond acceptors (Lipinski definition) is 4. The van der Waals surface area contributed by atoms with Crippen LogP contribution < -0.4 is 4.74 Å². The maximum absolute atomic E-state index is 12.1. The minimum Gasteiger partial charge on any atom is -0.485 e. The number of esters is 1. The summed E-state index contributed by atoms with van der Waals surface area (Å²) in [6.45, 7) is 8.92. The van der Waals surface area contributed by atoms with Crippen molar-refractivity contribution in [2.24, 2.45) is 0 Å². The Bertz CT molecular complexity index is 944. The van der Waals surface area contributed by atoms with Crippen LogP contribution in [0.2, 0.25) is 0 Å². The van der Waals surface area contributed by atoms with E-state index in [1.54, 1.807) is 6.92 Å². The molecule has 142 valence electrons. The molecule has 0 amide bonds. The number of aromatic nitrogens is 2. The molecule has 0 atom stereocenters. The Morgan fingerprint density at radius 1 is 1.19 bits per heavy atom. The van der Waals surface area contributed by atoms with Gasteiger partial charge >= 0.3 is 5.97 Å². The van der Waals surface area contributed by atoms with E-state index in [0.717, 1.165) is 27.9 Å². The molecule has 5 nitrogen and oxygen atoms in total. The number of benzene rings is 2. The van der Waals surface area contributed by atoms with Gasteiger partial charge in [0.25, 0.3) is 0 Å². The molecule has 0 bridgehead atoms. The molecule has 3 aromatic rings. The van der Waals surface area contributed by atoms with Crippen LogP contribution in [-0.2, 0) is 22.7 Å². The highest BCUT2D eigenvalue weighted by Crippen LogP contribution is 2.28. The maximum Gasteiger partial charge on any atom is 0.326 e. The Balaban J connectivity index is 1.91. The van der Waals surface area contributed by atoms with Gasteiger partial charge in [0, 0.05) is 0 Å². The zero-order chi connectivity index (χ0) is 19.4. The average Bonchev–Trinajstić information content (AvgIpc) is 2.97. The molecule has 3 rings (SSSR count). The molecule has 0 fully saturated rings. The summed E-state index contributed by atoms with van der Waals surface area (Å²) >= 11 is 0. The molecule has 27 heavy (non-hydrogen) atoms. The van der Waals surface area contributed by atoms with E-state index in [9.17, 15) is 4.79 Å². The minimum absolute atomic E-state index is 0.123. The highest BCUT2D eigenvalue weighted by atomic mass is 16.5. The lowest BCUT2D eigenvalue weighted by Gasteiger charge is -2.15. The van der Waals surface area contributed by atoms with Gasteiger partial charge in [0.2, 0.25) is 0 Å². The van der Waals surface area contributed by atoms with Crippen LogP contribution in [0, 0.1) is 6.92 Å². The number of aryl methyl sites for hydroxylation is 1. The van der Waals surface area contributed by atoms with E-state index in [1.807, 2.05) is 41.8 Å². The topological polar surface area (TPSA) is 53.4 Å². The molecule has 0 radical (unpaired) electrons. The van der Waals surface area contributed by atoms with Crippen molar-refractivity contribution < 1.29 is 14.3 Å². The normalized spacial score (nSPS) is 11.1. The lowest BCUT2D eigenvalue weighted by molar-refractivity contribution is -0.143. The van der Waals surface area contributed by atoms with Crippen molar-refractivity contribution in [2.75, 3.05) is 6.61 Å². The molecule has 0 aliphatic rings. The largest absolute Gasteiger partial charge is 0.485 e. The number of para-hydroxylation sites is 2. The van der Waals surface area contributed by atoms with E-state index in [0.29, 0.717) is 18.3 Å². The van der Waals surface area contributed by atoms with E-state index in [2.05, 4.69) is 31.0 Å². The van der Waals surface area contributed by atoms with Crippen LogP contribution in [0.25, 0.3) is 11.0 Å². The summed E-state index contributed by atoms with van der Waals surface area (Å²) in [5.41, 5.74) is 4.05. The van der Waals surface area contributed by atoms with E-state index >= 15 is 0 Å². The van der Waals surface area contributed by atoms with Crippen molar-refractivity contribution in [2.45, 2.75) is 46.8 Å². The van der Waals surface area contributed by atoms with Gasteiger partial charge in [0.15, 0.2) is 0 Å². The molecule has 0 saturated heterocycles. The van der Waals surface area contributed by atoms with E-state index in [1.165, 1.54) is 0 Å². The predicted molar refractivity (Wildman–Crippen MR) is 106 cm³/mol. The fourth-order valence-corrected chi connectivity index (χ4v) is 3.13. The van der Waals surface area contributed by atoms with Gasteiger partial charge in [-0.3, -0.25) is 4.79 Å². The van der Waals surface area contributed by atoms with Crippen molar-refractivity contribution in [1.82, 2.24) is 9.55 Å². The number of imidazole rings is 1. The number of nitrogens with zero attached hydrogens (tertiary/aromatic N) is 2. The third kappa shape index (κ3) is 4.30. The summed E-state index contributed by atoms with van der Waals surface area (Å²) in [5.74, 6) is 1.65. The fourth-order valence-electron chi connectivity index (χ4n) is 3.13. The van der Waals surface area contributed by atoms with E-state index in [-0.39, 0.29) is 19.1 Å². The van der Waals surface area contributed by atoms with E-state index < -0.39 is 0 Å². The summed E-state index contributed by atoms with van der Waals surface area (Å²) in [5, 5.41) is 0. The molecule has 0 aliphatic carbocycles. The first kappa shape index (κ1) is 19.0. The molecule has 0 N–H and O–H groups in total. The fraction of sp³-hybridized carbons (Fsp3) is 0.364. The van der Waals surface area contributed by atoms with Crippen LogP contribution in [0.5, 0.6) is 5.75 Å². The van der Waals surface area contributed by atoms with Gasteiger partial charge in [-0.1, -0.05) is 38.1 Å². The zero-order valence-electron chi connectivity index (χ0n) is 16.4. The average molecular weight is 366 g/mol. The number of ether oxygens (including phenoxy) is 2. The van der Waals surface area contributed by atoms with Crippen LogP contribution in [0.4, 0.5) is 0 Å². The molecule has 0 saturated carbocycles. The van der Waals surface area contributed by atoms with Gasteiger partial charge in [-0.15, -0.1) is 0 Å². The lowest BCUT2D eigenvalue weighted by Crippen LogP contribution is -2.16. The van der Waals surface area contributed by atoms with E-state index in [4.69, 9.17) is 9.47 Å². The van der Waals surface area contributed by atoms with Crippen LogP contribution in [0.15, 0.2) is 42.5 Å². The lowest BCUT2D eigenvalue weighted by atomic mass is 10.0. The molecule has 1 heterocycles. The van der Waals surface area contributed by atoms with Gasteiger partial charge < -0.3 is 14.0 Å². The van der Waals surface area contributed by atoms with Gasteiger partial charge in [-0.05, 0) is 49.1 Å². The molecule has 5 heteroatoms. The molecule has 0 aliphatic heterocycles. The second-order valence-corrected chi connectivity index (χ2v) is 6.89. The Labute approximate surface area is 159 Å². The summed E-state index contributed by atoms with van der Waals surface area (Å²) < 4.78 is 13.1. The molecule has 0 unspecified atom stereocenters. The van der Waals surface area contributed by atoms with Crippen LogP contribution >= 0.6 is 0 Å². The Morgan fingerprint density at radius 3 is 2.70 bits per heavy atom. The summed E-state index contributed by atoms with van der Waals surface area (Å²) in [4.78, 5) is 16.7. The Hall–Kier alpha value is -2.82. The number of carbonyl (C=O) groups is 1. The third-order valence-corrected chi connectivity index (χ3v) is 4.47.